The van der Waals surface area contributed by atoms with Crippen LogP contribution in [0.2, 0.25) is 0 Å². The summed E-state index contributed by atoms with van der Waals surface area (Å²) < 4.78 is 21.4. The fourth-order valence-corrected chi connectivity index (χ4v) is 2.21. The lowest BCUT2D eigenvalue weighted by Crippen LogP contribution is -2.54. The SMILES string of the molecule is COCO[C@H](CO)[C@@H]1COC(C)(C)N1C(=O)OC(C)(C)C. The summed E-state index contributed by atoms with van der Waals surface area (Å²) in [6, 6.07) is -0.435. The smallest absolute Gasteiger partial charge is 0.412 e. The number of hydrogen-bond acceptors (Lipinski definition) is 6. The van der Waals surface area contributed by atoms with Gasteiger partial charge in [-0.1, -0.05) is 0 Å². The molecule has 0 radical (unpaired) electrons. The van der Waals surface area contributed by atoms with E-state index in [2.05, 4.69) is 0 Å². The molecule has 1 saturated heterocycles. The molecule has 1 fully saturated rings. The zero-order valence-electron chi connectivity index (χ0n) is 13.7. The van der Waals surface area contributed by atoms with Crippen molar-refractivity contribution in [1.82, 2.24) is 4.90 Å². The highest BCUT2D eigenvalue weighted by Crippen LogP contribution is 2.31. The third-order valence-corrected chi connectivity index (χ3v) is 3.12. The van der Waals surface area contributed by atoms with E-state index in [0.29, 0.717) is 0 Å². The number of aliphatic hydroxyl groups is 1. The number of methoxy groups -OCH3 is 1. The van der Waals surface area contributed by atoms with Crippen LogP contribution < -0.4 is 0 Å². The highest BCUT2D eigenvalue weighted by Gasteiger charge is 2.48. The molecule has 1 aliphatic heterocycles. The molecule has 0 bridgehead atoms. The lowest BCUT2D eigenvalue weighted by Gasteiger charge is -2.37. The van der Waals surface area contributed by atoms with Crippen molar-refractivity contribution >= 4 is 6.09 Å². The molecule has 0 aromatic carbocycles. The van der Waals surface area contributed by atoms with Crippen molar-refractivity contribution in [2.24, 2.45) is 0 Å². The van der Waals surface area contributed by atoms with E-state index in [1.165, 1.54) is 12.0 Å². The summed E-state index contributed by atoms with van der Waals surface area (Å²) in [6.07, 6.45) is -1.09. The van der Waals surface area contributed by atoms with Gasteiger partial charge in [0.25, 0.3) is 0 Å². The van der Waals surface area contributed by atoms with E-state index < -0.39 is 29.6 Å². The molecular formula is C14H27NO6. The van der Waals surface area contributed by atoms with Crippen molar-refractivity contribution < 1.29 is 28.8 Å². The number of amides is 1. The summed E-state index contributed by atoms with van der Waals surface area (Å²) in [5.41, 5.74) is -1.43. The van der Waals surface area contributed by atoms with Crippen molar-refractivity contribution in [2.75, 3.05) is 27.1 Å². The number of hydrogen-bond donors (Lipinski definition) is 1. The average Bonchev–Trinajstić information content (AvgIpc) is 2.64. The molecule has 0 aliphatic carbocycles. The Morgan fingerprint density at radius 2 is 2.10 bits per heavy atom. The minimum absolute atomic E-state index is 0.0321. The van der Waals surface area contributed by atoms with Gasteiger partial charge in [-0.15, -0.1) is 0 Å². The van der Waals surface area contributed by atoms with Gasteiger partial charge in [-0.05, 0) is 34.6 Å². The van der Waals surface area contributed by atoms with Crippen molar-refractivity contribution in [2.45, 2.75) is 58.1 Å². The van der Waals surface area contributed by atoms with Gasteiger partial charge in [0.15, 0.2) is 0 Å². The average molecular weight is 305 g/mol. The van der Waals surface area contributed by atoms with Gasteiger partial charge in [-0.25, -0.2) is 4.79 Å². The van der Waals surface area contributed by atoms with Crippen LogP contribution in [-0.2, 0) is 18.9 Å². The van der Waals surface area contributed by atoms with Gasteiger partial charge in [0.2, 0.25) is 0 Å². The highest BCUT2D eigenvalue weighted by molar-refractivity contribution is 5.69. The first-order chi connectivity index (χ1) is 9.62. The minimum atomic E-state index is -0.823. The molecule has 0 spiro atoms. The van der Waals surface area contributed by atoms with Gasteiger partial charge < -0.3 is 24.1 Å². The van der Waals surface area contributed by atoms with Crippen LogP contribution in [-0.4, -0.2) is 66.7 Å². The lowest BCUT2D eigenvalue weighted by molar-refractivity contribution is -0.116. The number of carbonyl (C=O) groups is 1. The largest absolute Gasteiger partial charge is 0.444 e. The normalized spacial score (nSPS) is 23.2. The Bertz CT molecular complexity index is 352. The monoisotopic (exact) mass is 305 g/mol. The number of nitrogens with zero attached hydrogens (tertiary/aromatic N) is 1. The van der Waals surface area contributed by atoms with Crippen molar-refractivity contribution in [3.05, 3.63) is 0 Å². The molecule has 7 nitrogen and oxygen atoms in total. The Hall–Kier alpha value is -0.890. The van der Waals surface area contributed by atoms with Crippen LogP contribution in [0.4, 0.5) is 4.79 Å². The molecule has 21 heavy (non-hydrogen) atoms. The molecule has 1 N–H and O–H groups in total. The summed E-state index contributed by atoms with van der Waals surface area (Å²) in [5.74, 6) is 0. The Balaban J connectivity index is 2.89. The Kier molecular flexibility index (Phi) is 5.98. The van der Waals surface area contributed by atoms with Crippen LogP contribution in [0, 0.1) is 0 Å². The third-order valence-electron chi connectivity index (χ3n) is 3.12. The minimum Gasteiger partial charge on any atom is -0.444 e. The number of rotatable bonds is 5. The second-order valence-corrected chi connectivity index (χ2v) is 6.47. The first-order valence-corrected chi connectivity index (χ1v) is 7.00. The standard InChI is InChI=1S/C14H27NO6/c1-13(2,3)21-12(17)15-10(8-20-14(15,4)5)11(7-16)19-9-18-6/h10-11,16H,7-9H2,1-6H3/t10-,11+/m0/s1. The topological polar surface area (TPSA) is 77.5 Å². The number of ether oxygens (including phenoxy) is 4. The third kappa shape index (κ3) is 4.81. The maximum Gasteiger partial charge on any atom is 0.412 e. The van der Waals surface area contributed by atoms with Crippen LogP contribution in [0.1, 0.15) is 34.6 Å². The molecule has 1 amide bonds. The van der Waals surface area contributed by atoms with Crippen LogP contribution in [0.5, 0.6) is 0 Å². The van der Waals surface area contributed by atoms with E-state index >= 15 is 0 Å². The maximum atomic E-state index is 12.4. The van der Waals surface area contributed by atoms with Crippen LogP contribution in [0.25, 0.3) is 0 Å². The van der Waals surface area contributed by atoms with E-state index in [-0.39, 0.29) is 20.0 Å². The van der Waals surface area contributed by atoms with E-state index in [1.54, 1.807) is 34.6 Å². The van der Waals surface area contributed by atoms with Gasteiger partial charge in [-0.2, -0.15) is 0 Å². The highest BCUT2D eigenvalue weighted by atomic mass is 16.7. The summed E-state index contributed by atoms with van der Waals surface area (Å²) in [7, 11) is 1.50. The molecule has 0 unspecified atom stereocenters. The molecule has 1 aliphatic rings. The quantitative estimate of drug-likeness (QED) is 0.772. The van der Waals surface area contributed by atoms with Crippen molar-refractivity contribution in [1.29, 1.82) is 0 Å². The second-order valence-electron chi connectivity index (χ2n) is 6.47. The van der Waals surface area contributed by atoms with E-state index in [0.717, 1.165) is 0 Å². The summed E-state index contributed by atoms with van der Waals surface area (Å²) in [4.78, 5) is 13.9. The fraction of sp³-hybridized carbons (Fsp3) is 0.929. The van der Waals surface area contributed by atoms with Crippen LogP contribution in [0.3, 0.4) is 0 Å². The second kappa shape index (κ2) is 6.91. The molecular weight excluding hydrogens is 278 g/mol. The molecule has 1 rings (SSSR count). The zero-order chi connectivity index (χ0) is 16.3. The number of aliphatic hydroxyl groups excluding tert-OH is 1. The van der Waals surface area contributed by atoms with Crippen molar-refractivity contribution in [3.8, 4) is 0 Å². The first-order valence-electron chi connectivity index (χ1n) is 7.00. The van der Waals surface area contributed by atoms with Gasteiger partial charge in [-0.3, -0.25) is 4.90 Å². The van der Waals surface area contributed by atoms with Gasteiger partial charge in [0.05, 0.1) is 19.3 Å². The maximum absolute atomic E-state index is 12.4. The number of carbonyl (C=O) groups excluding carboxylic acids is 1. The Labute approximate surface area is 126 Å². The van der Waals surface area contributed by atoms with Crippen molar-refractivity contribution in [3.63, 3.8) is 0 Å². The fourth-order valence-electron chi connectivity index (χ4n) is 2.21. The Morgan fingerprint density at radius 3 is 2.57 bits per heavy atom. The molecule has 0 aromatic rings. The van der Waals surface area contributed by atoms with E-state index in [1.807, 2.05) is 0 Å². The predicted molar refractivity (Wildman–Crippen MR) is 75.7 cm³/mol. The molecule has 0 saturated carbocycles. The van der Waals surface area contributed by atoms with Gasteiger partial charge in [0, 0.05) is 7.11 Å². The van der Waals surface area contributed by atoms with Gasteiger partial charge >= 0.3 is 6.09 Å². The molecule has 124 valence electrons. The van der Waals surface area contributed by atoms with E-state index in [4.69, 9.17) is 18.9 Å². The predicted octanol–water partition coefficient (Wildman–Crippen LogP) is 1.34. The van der Waals surface area contributed by atoms with Crippen LogP contribution in [0.15, 0.2) is 0 Å². The van der Waals surface area contributed by atoms with Crippen LogP contribution >= 0.6 is 0 Å². The summed E-state index contributed by atoms with van der Waals surface area (Å²) in [6.45, 7) is 9.01. The summed E-state index contributed by atoms with van der Waals surface area (Å²) in [5, 5.41) is 9.50. The van der Waals surface area contributed by atoms with Gasteiger partial charge in [0.1, 0.15) is 24.2 Å². The zero-order valence-corrected chi connectivity index (χ0v) is 13.7. The first kappa shape index (κ1) is 18.2. The summed E-state index contributed by atoms with van der Waals surface area (Å²) >= 11 is 0. The molecule has 2 atom stereocenters. The van der Waals surface area contributed by atoms with E-state index in [9.17, 15) is 9.90 Å². The lowest BCUT2D eigenvalue weighted by atomic mass is 10.1. The molecule has 1 heterocycles. The molecule has 7 heteroatoms. The Morgan fingerprint density at radius 1 is 1.48 bits per heavy atom. The molecule has 0 aromatic heterocycles.